The first-order chi connectivity index (χ1) is 9.04. The number of benzene rings is 2. The van der Waals surface area contributed by atoms with Gasteiger partial charge in [0.15, 0.2) is 11.6 Å². The fraction of sp³-hybridized carbons (Fsp3) is 0.0714. The zero-order chi connectivity index (χ0) is 13.6. The van der Waals surface area contributed by atoms with Crippen molar-refractivity contribution in [3.05, 3.63) is 53.3 Å². The molecule has 0 spiro atoms. The molecule has 19 heavy (non-hydrogen) atoms. The summed E-state index contributed by atoms with van der Waals surface area (Å²) in [5, 5.41) is 0. The SMILES string of the molecule is Cc1cc(-c2nc3cc(F)c(F)cc3[nH]2)ccc1F. The molecule has 3 rings (SSSR count). The topological polar surface area (TPSA) is 28.7 Å². The summed E-state index contributed by atoms with van der Waals surface area (Å²) in [5.74, 6) is -1.74. The minimum atomic E-state index is -0.944. The Hall–Kier alpha value is -2.30. The standard InChI is InChI=1S/C14H9F3N2/c1-7-4-8(2-3-9(7)15)14-18-12-5-10(16)11(17)6-13(12)19-14/h2-6H,1H3,(H,18,19). The summed E-state index contributed by atoms with van der Waals surface area (Å²) in [6.45, 7) is 1.64. The third-order valence-electron chi connectivity index (χ3n) is 2.96. The van der Waals surface area contributed by atoms with Crippen molar-refractivity contribution in [1.82, 2.24) is 9.97 Å². The Bertz CT molecular complexity index is 739. The van der Waals surface area contributed by atoms with E-state index in [1.165, 1.54) is 6.07 Å². The second kappa shape index (κ2) is 4.12. The molecule has 0 amide bonds. The normalized spacial score (nSPS) is 11.2. The second-order valence-electron chi connectivity index (χ2n) is 4.33. The molecule has 0 fully saturated rings. The van der Waals surface area contributed by atoms with Crippen molar-refractivity contribution in [3.63, 3.8) is 0 Å². The Morgan fingerprint density at radius 1 is 0.947 bits per heavy atom. The van der Waals surface area contributed by atoms with E-state index in [1.807, 2.05) is 0 Å². The summed E-state index contributed by atoms with van der Waals surface area (Å²) >= 11 is 0. The van der Waals surface area contributed by atoms with E-state index in [4.69, 9.17) is 0 Å². The van der Waals surface area contributed by atoms with Crippen LogP contribution in [0.3, 0.4) is 0 Å². The van der Waals surface area contributed by atoms with Crippen molar-refractivity contribution in [2.45, 2.75) is 6.92 Å². The van der Waals surface area contributed by atoms with Crippen LogP contribution in [0.15, 0.2) is 30.3 Å². The van der Waals surface area contributed by atoms with Gasteiger partial charge in [0.05, 0.1) is 11.0 Å². The minimum absolute atomic E-state index is 0.308. The molecule has 2 aromatic carbocycles. The number of aromatic amines is 1. The zero-order valence-electron chi connectivity index (χ0n) is 9.97. The molecular formula is C14H9F3N2. The summed E-state index contributed by atoms with van der Waals surface area (Å²) in [5.41, 5.74) is 1.87. The van der Waals surface area contributed by atoms with E-state index in [0.717, 1.165) is 12.1 Å². The van der Waals surface area contributed by atoms with Crippen molar-refractivity contribution < 1.29 is 13.2 Å². The quantitative estimate of drug-likeness (QED) is 0.706. The number of nitrogens with zero attached hydrogens (tertiary/aromatic N) is 1. The monoisotopic (exact) mass is 262 g/mol. The number of H-pyrrole nitrogens is 1. The number of aromatic nitrogens is 2. The number of aryl methyl sites for hydroxylation is 1. The Morgan fingerprint density at radius 3 is 2.42 bits per heavy atom. The summed E-state index contributed by atoms with van der Waals surface area (Å²) in [7, 11) is 0. The predicted octanol–water partition coefficient (Wildman–Crippen LogP) is 3.96. The van der Waals surface area contributed by atoms with Crippen LogP contribution in [0.4, 0.5) is 13.2 Å². The van der Waals surface area contributed by atoms with E-state index in [1.54, 1.807) is 19.1 Å². The Morgan fingerprint density at radius 2 is 1.68 bits per heavy atom. The second-order valence-corrected chi connectivity index (χ2v) is 4.33. The number of imidazole rings is 1. The van der Waals surface area contributed by atoms with Gasteiger partial charge in [0.1, 0.15) is 11.6 Å². The van der Waals surface area contributed by atoms with Crippen molar-refractivity contribution in [3.8, 4) is 11.4 Å². The minimum Gasteiger partial charge on any atom is -0.338 e. The van der Waals surface area contributed by atoms with E-state index in [2.05, 4.69) is 9.97 Å². The number of hydrogen-bond donors (Lipinski definition) is 1. The van der Waals surface area contributed by atoms with Crippen LogP contribution in [-0.4, -0.2) is 9.97 Å². The number of halogens is 3. The summed E-state index contributed by atoms with van der Waals surface area (Å²) in [4.78, 5) is 7.06. The van der Waals surface area contributed by atoms with Crippen LogP contribution < -0.4 is 0 Å². The van der Waals surface area contributed by atoms with Crippen LogP contribution in [0.2, 0.25) is 0 Å². The maximum Gasteiger partial charge on any atom is 0.161 e. The first-order valence-electron chi connectivity index (χ1n) is 5.66. The van der Waals surface area contributed by atoms with Crippen LogP contribution in [0.5, 0.6) is 0 Å². The fourth-order valence-corrected chi connectivity index (χ4v) is 1.93. The largest absolute Gasteiger partial charge is 0.338 e. The molecule has 5 heteroatoms. The smallest absolute Gasteiger partial charge is 0.161 e. The van der Waals surface area contributed by atoms with E-state index in [-0.39, 0.29) is 5.82 Å². The van der Waals surface area contributed by atoms with Gasteiger partial charge in [0.2, 0.25) is 0 Å². The van der Waals surface area contributed by atoms with Crippen molar-refractivity contribution in [1.29, 1.82) is 0 Å². The molecule has 0 unspecified atom stereocenters. The average molecular weight is 262 g/mol. The molecule has 0 bridgehead atoms. The first-order valence-corrected chi connectivity index (χ1v) is 5.66. The molecule has 2 nitrogen and oxygen atoms in total. The lowest BCUT2D eigenvalue weighted by Gasteiger charge is -1.99. The number of rotatable bonds is 1. The van der Waals surface area contributed by atoms with E-state index in [9.17, 15) is 13.2 Å². The molecule has 1 aromatic heterocycles. The van der Waals surface area contributed by atoms with Gasteiger partial charge >= 0.3 is 0 Å². The van der Waals surface area contributed by atoms with Gasteiger partial charge in [-0.3, -0.25) is 0 Å². The maximum absolute atomic E-state index is 13.2. The average Bonchev–Trinajstić information content (AvgIpc) is 2.76. The van der Waals surface area contributed by atoms with Crippen molar-refractivity contribution in [2.75, 3.05) is 0 Å². The molecule has 0 atom stereocenters. The van der Waals surface area contributed by atoms with Gasteiger partial charge in [-0.15, -0.1) is 0 Å². The van der Waals surface area contributed by atoms with E-state index in [0.29, 0.717) is 28.0 Å². The highest BCUT2D eigenvalue weighted by Crippen LogP contribution is 2.23. The van der Waals surface area contributed by atoms with Crippen molar-refractivity contribution >= 4 is 11.0 Å². The van der Waals surface area contributed by atoms with Gasteiger partial charge in [-0.05, 0) is 30.7 Å². The number of hydrogen-bond acceptors (Lipinski definition) is 1. The summed E-state index contributed by atoms with van der Waals surface area (Å²) < 4.78 is 39.4. The van der Waals surface area contributed by atoms with Crippen LogP contribution in [0, 0.1) is 24.4 Å². The lowest BCUT2D eigenvalue weighted by molar-refractivity contribution is 0.510. The Kier molecular flexibility index (Phi) is 2.55. The van der Waals surface area contributed by atoms with Crippen LogP contribution in [0.25, 0.3) is 22.4 Å². The van der Waals surface area contributed by atoms with Crippen molar-refractivity contribution in [2.24, 2.45) is 0 Å². The fourth-order valence-electron chi connectivity index (χ4n) is 1.93. The molecule has 96 valence electrons. The van der Waals surface area contributed by atoms with Gasteiger partial charge in [0, 0.05) is 17.7 Å². The zero-order valence-corrected chi connectivity index (χ0v) is 9.97. The van der Waals surface area contributed by atoms with Crippen LogP contribution in [0.1, 0.15) is 5.56 Å². The van der Waals surface area contributed by atoms with Gasteiger partial charge in [0.25, 0.3) is 0 Å². The molecule has 0 aliphatic carbocycles. The predicted molar refractivity (Wildman–Crippen MR) is 66.1 cm³/mol. The molecule has 3 aromatic rings. The Balaban J connectivity index is 2.17. The van der Waals surface area contributed by atoms with Gasteiger partial charge in [-0.2, -0.15) is 0 Å². The Labute approximate surface area is 106 Å². The highest BCUT2D eigenvalue weighted by atomic mass is 19.2. The molecular weight excluding hydrogens is 253 g/mol. The third-order valence-corrected chi connectivity index (χ3v) is 2.96. The maximum atomic E-state index is 13.2. The first kappa shape index (κ1) is 11.8. The number of fused-ring (bicyclic) bond motifs is 1. The number of nitrogens with one attached hydrogen (secondary N) is 1. The molecule has 1 N–H and O–H groups in total. The van der Waals surface area contributed by atoms with Crippen LogP contribution >= 0.6 is 0 Å². The molecule has 0 radical (unpaired) electrons. The van der Waals surface area contributed by atoms with E-state index >= 15 is 0 Å². The molecule has 0 saturated heterocycles. The molecule has 1 heterocycles. The molecule has 0 aliphatic heterocycles. The lowest BCUT2D eigenvalue weighted by Crippen LogP contribution is -1.85. The lowest BCUT2D eigenvalue weighted by atomic mass is 10.1. The van der Waals surface area contributed by atoms with Gasteiger partial charge < -0.3 is 4.98 Å². The summed E-state index contributed by atoms with van der Waals surface area (Å²) in [6, 6.07) is 6.60. The van der Waals surface area contributed by atoms with Crippen LogP contribution in [-0.2, 0) is 0 Å². The highest BCUT2D eigenvalue weighted by molar-refractivity contribution is 5.79. The summed E-state index contributed by atoms with van der Waals surface area (Å²) in [6.07, 6.45) is 0. The molecule has 0 saturated carbocycles. The van der Waals surface area contributed by atoms with E-state index < -0.39 is 11.6 Å². The third kappa shape index (κ3) is 1.97. The highest BCUT2D eigenvalue weighted by Gasteiger charge is 2.10. The molecule has 0 aliphatic rings. The van der Waals surface area contributed by atoms with Gasteiger partial charge in [-0.1, -0.05) is 0 Å². The van der Waals surface area contributed by atoms with Gasteiger partial charge in [-0.25, -0.2) is 18.2 Å².